The molecule has 1 fully saturated rings. The van der Waals surface area contributed by atoms with Gasteiger partial charge in [-0.25, -0.2) is 13.1 Å². The average molecular weight is 366 g/mol. The Morgan fingerprint density at radius 1 is 1.32 bits per heavy atom. The van der Waals surface area contributed by atoms with Crippen molar-refractivity contribution < 1.29 is 13.2 Å². The zero-order valence-corrected chi connectivity index (χ0v) is 15.0. The first-order chi connectivity index (χ1) is 10.3. The summed E-state index contributed by atoms with van der Waals surface area (Å²) < 4.78 is 33.2. The van der Waals surface area contributed by atoms with Gasteiger partial charge in [0.05, 0.1) is 21.9 Å². The lowest BCUT2D eigenvalue weighted by Crippen LogP contribution is -2.46. The molecule has 0 aliphatic carbocycles. The van der Waals surface area contributed by atoms with Gasteiger partial charge in [-0.15, -0.1) is 0 Å². The van der Waals surface area contributed by atoms with Crippen molar-refractivity contribution in [3.63, 3.8) is 0 Å². The number of benzene rings is 1. The SMILES string of the molecule is CC(C)NS(=O)(=O)[C@H]1CCOC[C@H]1Cc1ccc(Cl)c(Cl)c1. The lowest BCUT2D eigenvalue weighted by Gasteiger charge is -2.32. The Kier molecular flexibility index (Phi) is 6.14. The predicted octanol–water partition coefficient (Wildman–Crippen LogP) is 3.27. The number of halogens is 2. The summed E-state index contributed by atoms with van der Waals surface area (Å²) in [5, 5.41) is 0.532. The molecule has 1 saturated heterocycles. The van der Waals surface area contributed by atoms with Gasteiger partial charge < -0.3 is 4.74 Å². The van der Waals surface area contributed by atoms with Crippen LogP contribution < -0.4 is 4.72 Å². The second-order valence-corrected chi connectivity index (χ2v) is 8.68. The van der Waals surface area contributed by atoms with E-state index in [0.717, 1.165) is 5.56 Å². The highest BCUT2D eigenvalue weighted by atomic mass is 35.5. The van der Waals surface area contributed by atoms with Crippen LogP contribution in [0.1, 0.15) is 25.8 Å². The standard InChI is InChI=1S/C15H21Cl2NO3S/c1-10(2)18-22(19,20)15-5-6-21-9-12(15)7-11-3-4-13(16)14(17)8-11/h3-4,8,10,12,15,18H,5-7,9H2,1-2H3/t12-,15+/m1/s1. The van der Waals surface area contributed by atoms with Crippen LogP contribution in [0.4, 0.5) is 0 Å². The van der Waals surface area contributed by atoms with E-state index in [1.807, 2.05) is 19.9 Å². The molecule has 1 aliphatic heterocycles. The van der Waals surface area contributed by atoms with E-state index in [4.69, 9.17) is 27.9 Å². The summed E-state index contributed by atoms with van der Waals surface area (Å²) in [6.07, 6.45) is 1.11. The molecule has 1 aromatic rings. The van der Waals surface area contributed by atoms with Crippen molar-refractivity contribution in [3.8, 4) is 0 Å². The molecule has 2 atom stereocenters. The van der Waals surface area contributed by atoms with Crippen molar-refractivity contribution in [2.45, 2.75) is 38.0 Å². The summed E-state index contributed by atoms with van der Waals surface area (Å²) >= 11 is 12.0. The minimum atomic E-state index is -3.36. The Morgan fingerprint density at radius 2 is 2.05 bits per heavy atom. The molecule has 0 bridgehead atoms. The third-order valence-electron chi connectivity index (χ3n) is 3.68. The van der Waals surface area contributed by atoms with Gasteiger partial charge in [-0.1, -0.05) is 29.3 Å². The minimum Gasteiger partial charge on any atom is -0.381 e. The van der Waals surface area contributed by atoms with Gasteiger partial charge in [-0.2, -0.15) is 0 Å². The van der Waals surface area contributed by atoms with Crippen LogP contribution in [0, 0.1) is 5.92 Å². The molecule has 0 spiro atoms. The van der Waals surface area contributed by atoms with E-state index in [-0.39, 0.29) is 12.0 Å². The van der Waals surface area contributed by atoms with Gasteiger partial charge in [-0.05, 0) is 44.4 Å². The van der Waals surface area contributed by atoms with E-state index in [0.29, 0.717) is 36.1 Å². The van der Waals surface area contributed by atoms with Crippen LogP contribution in [-0.2, 0) is 21.2 Å². The zero-order valence-electron chi connectivity index (χ0n) is 12.7. The van der Waals surface area contributed by atoms with Crippen molar-refractivity contribution in [1.82, 2.24) is 4.72 Å². The molecular weight excluding hydrogens is 345 g/mol. The largest absolute Gasteiger partial charge is 0.381 e. The van der Waals surface area contributed by atoms with Crippen molar-refractivity contribution in [2.75, 3.05) is 13.2 Å². The Morgan fingerprint density at radius 3 is 2.68 bits per heavy atom. The fourth-order valence-electron chi connectivity index (χ4n) is 2.76. The maximum atomic E-state index is 12.5. The Balaban J connectivity index is 2.17. The van der Waals surface area contributed by atoms with Gasteiger partial charge in [0.2, 0.25) is 10.0 Å². The molecule has 0 unspecified atom stereocenters. The highest BCUT2D eigenvalue weighted by Crippen LogP contribution is 2.28. The molecular formula is C15H21Cl2NO3S. The summed E-state index contributed by atoms with van der Waals surface area (Å²) in [4.78, 5) is 0. The number of nitrogens with one attached hydrogen (secondary N) is 1. The van der Waals surface area contributed by atoms with Crippen LogP contribution in [0.15, 0.2) is 18.2 Å². The molecule has 7 heteroatoms. The first-order valence-electron chi connectivity index (χ1n) is 7.32. The molecule has 22 heavy (non-hydrogen) atoms. The summed E-state index contributed by atoms with van der Waals surface area (Å²) in [5.41, 5.74) is 0.967. The molecule has 1 aromatic carbocycles. The van der Waals surface area contributed by atoms with E-state index in [9.17, 15) is 8.42 Å². The van der Waals surface area contributed by atoms with E-state index < -0.39 is 15.3 Å². The maximum Gasteiger partial charge on any atom is 0.215 e. The van der Waals surface area contributed by atoms with E-state index in [2.05, 4.69) is 4.72 Å². The number of hydrogen-bond acceptors (Lipinski definition) is 3. The number of rotatable bonds is 5. The van der Waals surface area contributed by atoms with E-state index in [1.165, 1.54) is 0 Å². The Labute approximate surface area is 142 Å². The van der Waals surface area contributed by atoms with Crippen molar-refractivity contribution in [3.05, 3.63) is 33.8 Å². The second kappa shape index (κ2) is 7.49. The minimum absolute atomic E-state index is 0.0951. The summed E-state index contributed by atoms with van der Waals surface area (Å²) in [5.74, 6) is -0.0951. The average Bonchev–Trinajstić information content (AvgIpc) is 2.42. The van der Waals surface area contributed by atoms with Gasteiger partial charge in [-0.3, -0.25) is 0 Å². The highest BCUT2D eigenvalue weighted by molar-refractivity contribution is 7.90. The topological polar surface area (TPSA) is 55.4 Å². The van der Waals surface area contributed by atoms with Gasteiger partial charge in [0.15, 0.2) is 0 Å². The molecule has 0 amide bonds. The first kappa shape index (κ1) is 18.0. The molecule has 0 radical (unpaired) electrons. The lowest BCUT2D eigenvalue weighted by atomic mass is 9.93. The molecule has 0 aromatic heterocycles. The quantitative estimate of drug-likeness (QED) is 0.870. The lowest BCUT2D eigenvalue weighted by molar-refractivity contribution is 0.0569. The van der Waals surface area contributed by atoms with Crippen LogP contribution >= 0.6 is 23.2 Å². The van der Waals surface area contributed by atoms with Gasteiger partial charge in [0, 0.05) is 18.6 Å². The molecule has 124 valence electrons. The van der Waals surface area contributed by atoms with Crippen LogP contribution in [0.5, 0.6) is 0 Å². The first-order valence-corrected chi connectivity index (χ1v) is 9.62. The molecule has 1 aliphatic rings. The third kappa shape index (κ3) is 4.59. The summed E-state index contributed by atoms with van der Waals surface area (Å²) in [6, 6.07) is 5.29. The van der Waals surface area contributed by atoms with Crippen molar-refractivity contribution in [2.24, 2.45) is 5.92 Å². The van der Waals surface area contributed by atoms with E-state index >= 15 is 0 Å². The van der Waals surface area contributed by atoms with Crippen molar-refractivity contribution in [1.29, 1.82) is 0 Å². The number of ether oxygens (including phenoxy) is 1. The number of sulfonamides is 1. The molecule has 2 rings (SSSR count). The zero-order chi connectivity index (χ0) is 16.3. The number of hydrogen-bond donors (Lipinski definition) is 1. The maximum absolute atomic E-state index is 12.5. The van der Waals surface area contributed by atoms with Crippen LogP contribution in [0.2, 0.25) is 10.0 Å². The summed E-state index contributed by atoms with van der Waals surface area (Å²) in [6.45, 7) is 4.56. The van der Waals surface area contributed by atoms with Crippen molar-refractivity contribution >= 4 is 33.2 Å². The van der Waals surface area contributed by atoms with E-state index in [1.54, 1.807) is 12.1 Å². The fraction of sp³-hybridized carbons (Fsp3) is 0.600. The fourth-order valence-corrected chi connectivity index (χ4v) is 5.00. The second-order valence-electron chi connectivity index (χ2n) is 5.93. The summed E-state index contributed by atoms with van der Waals surface area (Å²) in [7, 11) is -3.36. The highest BCUT2D eigenvalue weighted by Gasteiger charge is 2.36. The predicted molar refractivity (Wildman–Crippen MR) is 90.1 cm³/mol. The Hall–Kier alpha value is -0.330. The van der Waals surface area contributed by atoms with Crippen LogP contribution in [0.3, 0.4) is 0 Å². The van der Waals surface area contributed by atoms with Crippen LogP contribution in [-0.4, -0.2) is 32.9 Å². The molecule has 0 saturated carbocycles. The smallest absolute Gasteiger partial charge is 0.215 e. The molecule has 4 nitrogen and oxygen atoms in total. The van der Waals surface area contributed by atoms with Gasteiger partial charge in [0.1, 0.15) is 0 Å². The molecule has 1 heterocycles. The molecule has 1 N–H and O–H groups in total. The normalized spacial score (nSPS) is 23.0. The Bertz CT molecular complexity index is 619. The van der Waals surface area contributed by atoms with Gasteiger partial charge >= 0.3 is 0 Å². The third-order valence-corrected chi connectivity index (χ3v) is 6.64. The monoisotopic (exact) mass is 365 g/mol. The van der Waals surface area contributed by atoms with Gasteiger partial charge in [0.25, 0.3) is 0 Å². The van der Waals surface area contributed by atoms with Crippen LogP contribution in [0.25, 0.3) is 0 Å².